The average Bonchev–Trinajstić information content (AvgIpc) is 3.25. The van der Waals surface area contributed by atoms with Crippen LogP contribution < -0.4 is 5.32 Å². The third kappa shape index (κ3) is 2.26. The highest BCUT2D eigenvalue weighted by Crippen LogP contribution is 2.20. The molecule has 0 atom stereocenters. The lowest BCUT2D eigenvalue weighted by Crippen LogP contribution is -2.03. The summed E-state index contributed by atoms with van der Waals surface area (Å²) in [4.78, 5) is 8.74. The van der Waals surface area contributed by atoms with Crippen molar-refractivity contribution in [3.8, 4) is 11.9 Å². The minimum atomic E-state index is 0.377. The molecule has 0 aliphatic heterocycles. The average molecular weight is 302 g/mol. The van der Waals surface area contributed by atoms with E-state index in [4.69, 9.17) is 5.26 Å². The lowest BCUT2D eigenvalue weighted by atomic mass is 10.4. The van der Waals surface area contributed by atoms with Crippen LogP contribution in [0.1, 0.15) is 5.69 Å². The molecule has 0 unspecified atom stereocenters. The number of pyridine rings is 1. The van der Waals surface area contributed by atoms with E-state index in [-0.39, 0.29) is 0 Å². The van der Waals surface area contributed by atoms with Gasteiger partial charge in [-0.05, 0) is 24.3 Å². The first-order valence-electron chi connectivity index (χ1n) is 6.82. The number of nitriles is 1. The quantitative estimate of drug-likeness (QED) is 0.621. The van der Waals surface area contributed by atoms with E-state index in [0.29, 0.717) is 28.7 Å². The number of imidazole rings is 1. The predicted octanol–water partition coefficient (Wildman–Crippen LogP) is 1.93. The van der Waals surface area contributed by atoms with Crippen LogP contribution in [0.5, 0.6) is 0 Å². The summed E-state index contributed by atoms with van der Waals surface area (Å²) in [5.41, 5.74) is 1.66. The first-order chi connectivity index (χ1) is 11.3. The van der Waals surface area contributed by atoms with E-state index in [1.807, 2.05) is 30.5 Å². The minimum absolute atomic E-state index is 0.377. The van der Waals surface area contributed by atoms with Gasteiger partial charge in [0.2, 0.25) is 0 Å². The number of nitrogens with zero attached hydrogens (tertiary/aromatic N) is 7. The van der Waals surface area contributed by atoms with E-state index in [9.17, 15) is 0 Å². The Morgan fingerprint density at radius 1 is 1.09 bits per heavy atom. The molecule has 110 valence electrons. The molecule has 0 saturated carbocycles. The number of nitrogens with one attached hydrogen (secondary N) is 1. The Bertz CT molecular complexity index is 1010. The smallest absolute Gasteiger partial charge is 0.178 e. The standard InChI is InChI=1S/C15H10N8/c16-9-11-10-17-15-12(5-7-19-23(11)15)20-13-3-1-4-14(21-13)22-8-2-6-18-22/h1-8,10H,(H,20,21). The van der Waals surface area contributed by atoms with Crippen LogP contribution in [-0.4, -0.2) is 29.4 Å². The first kappa shape index (κ1) is 13.0. The van der Waals surface area contributed by atoms with Gasteiger partial charge in [-0.2, -0.15) is 15.5 Å². The Balaban J connectivity index is 1.73. The maximum absolute atomic E-state index is 9.05. The lowest BCUT2D eigenvalue weighted by Gasteiger charge is -2.08. The van der Waals surface area contributed by atoms with Crippen LogP contribution >= 0.6 is 0 Å². The second-order valence-corrected chi connectivity index (χ2v) is 4.69. The molecule has 0 spiro atoms. The number of aromatic nitrogens is 6. The zero-order valence-electron chi connectivity index (χ0n) is 11.8. The Hall–Kier alpha value is -3.73. The number of rotatable bonds is 3. The Morgan fingerprint density at radius 3 is 2.87 bits per heavy atom. The van der Waals surface area contributed by atoms with Crippen LogP contribution in [0.2, 0.25) is 0 Å². The summed E-state index contributed by atoms with van der Waals surface area (Å²) in [5, 5.41) is 20.5. The van der Waals surface area contributed by atoms with Crippen molar-refractivity contribution in [1.29, 1.82) is 5.26 Å². The van der Waals surface area contributed by atoms with E-state index in [2.05, 4.69) is 31.6 Å². The van der Waals surface area contributed by atoms with Crippen molar-refractivity contribution >= 4 is 17.2 Å². The summed E-state index contributed by atoms with van der Waals surface area (Å²) in [6, 6.07) is 11.3. The summed E-state index contributed by atoms with van der Waals surface area (Å²) in [7, 11) is 0. The molecule has 23 heavy (non-hydrogen) atoms. The molecule has 8 heteroatoms. The molecule has 0 aliphatic carbocycles. The van der Waals surface area contributed by atoms with Gasteiger partial charge in [0.25, 0.3) is 0 Å². The molecule has 4 rings (SSSR count). The highest BCUT2D eigenvalue weighted by Gasteiger charge is 2.09. The maximum atomic E-state index is 9.05. The molecule has 0 amide bonds. The Labute approximate surface area is 130 Å². The second kappa shape index (κ2) is 5.23. The van der Waals surface area contributed by atoms with Crippen LogP contribution in [0, 0.1) is 11.3 Å². The van der Waals surface area contributed by atoms with Gasteiger partial charge < -0.3 is 5.32 Å². The number of hydrogen-bond donors (Lipinski definition) is 1. The van der Waals surface area contributed by atoms with Crippen molar-refractivity contribution in [3.05, 3.63) is 60.8 Å². The van der Waals surface area contributed by atoms with Crippen LogP contribution in [0.15, 0.2) is 55.1 Å². The van der Waals surface area contributed by atoms with Gasteiger partial charge in [-0.3, -0.25) is 0 Å². The normalized spacial score (nSPS) is 10.6. The van der Waals surface area contributed by atoms with Crippen LogP contribution in [-0.2, 0) is 0 Å². The largest absolute Gasteiger partial charge is 0.337 e. The molecular formula is C15H10N8. The van der Waals surface area contributed by atoms with Gasteiger partial charge in [0.15, 0.2) is 17.2 Å². The van der Waals surface area contributed by atoms with Crippen LogP contribution in [0.25, 0.3) is 11.5 Å². The van der Waals surface area contributed by atoms with E-state index in [0.717, 1.165) is 0 Å². The van der Waals surface area contributed by atoms with Gasteiger partial charge in [0.1, 0.15) is 11.9 Å². The summed E-state index contributed by atoms with van der Waals surface area (Å²) in [5.74, 6) is 1.35. The molecule has 0 aromatic carbocycles. The minimum Gasteiger partial charge on any atom is -0.337 e. The monoisotopic (exact) mass is 302 g/mol. The second-order valence-electron chi connectivity index (χ2n) is 4.69. The van der Waals surface area contributed by atoms with Crippen molar-refractivity contribution in [2.24, 2.45) is 0 Å². The van der Waals surface area contributed by atoms with E-state index in [1.54, 1.807) is 23.1 Å². The van der Waals surface area contributed by atoms with E-state index < -0.39 is 0 Å². The summed E-state index contributed by atoms with van der Waals surface area (Å²) >= 11 is 0. The van der Waals surface area contributed by atoms with Gasteiger partial charge in [0.05, 0.1) is 18.1 Å². The highest BCUT2D eigenvalue weighted by molar-refractivity contribution is 5.72. The number of fused-ring (bicyclic) bond motifs is 1. The van der Waals surface area contributed by atoms with Crippen LogP contribution in [0.4, 0.5) is 11.5 Å². The van der Waals surface area contributed by atoms with E-state index >= 15 is 0 Å². The van der Waals surface area contributed by atoms with Crippen molar-refractivity contribution in [2.45, 2.75) is 0 Å². The number of hydrogen-bond acceptors (Lipinski definition) is 6. The SMILES string of the molecule is N#Cc1cnc2c(Nc3cccc(-n4cccn4)n3)ccnn12. The maximum Gasteiger partial charge on any atom is 0.178 e. The van der Waals surface area contributed by atoms with Crippen molar-refractivity contribution in [2.75, 3.05) is 5.32 Å². The van der Waals surface area contributed by atoms with Gasteiger partial charge in [-0.25, -0.2) is 19.2 Å². The molecule has 4 aromatic rings. The Kier molecular flexibility index (Phi) is 2.95. The van der Waals surface area contributed by atoms with Gasteiger partial charge in [-0.15, -0.1) is 0 Å². The molecule has 4 heterocycles. The summed E-state index contributed by atoms with van der Waals surface area (Å²) in [6.45, 7) is 0. The molecule has 4 aromatic heterocycles. The fourth-order valence-corrected chi connectivity index (χ4v) is 2.23. The van der Waals surface area contributed by atoms with Gasteiger partial charge in [-0.1, -0.05) is 6.07 Å². The predicted molar refractivity (Wildman–Crippen MR) is 82.3 cm³/mol. The fraction of sp³-hybridized carbons (Fsp3) is 0. The molecular weight excluding hydrogens is 292 g/mol. The van der Waals surface area contributed by atoms with E-state index in [1.165, 1.54) is 10.7 Å². The first-order valence-corrected chi connectivity index (χ1v) is 6.82. The van der Waals surface area contributed by atoms with Crippen molar-refractivity contribution in [1.82, 2.24) is 29.4 Å². The van der Waals surface area contributed by atoms with Gasteiger partial charge in [0, 0.05) is 12.4 Å². The van der Waals surface area contributed by atoms with Crippen LogP contribution in [0.3, 0.4) is 0 Å². The molecule has 0 saturated heterocycles. The molecule has 0 aliphatic rings. The molecule has 8 nitrogen and oxygen atoms in total. The summed E-state index contributed by atoms with van der Waals surface area (Å²) < 4.78 is 3.16. The zero-order valence-corrected chi connectivity index (χ0v) is 11.8. The number of anilines is 2. The molecule has 0 fully saturated rings. The van der Waals surface area contributed by atoms with Crippen molar-refractivity contribution < 1.29 is 0 Å². The van der Waals surface area contributed by atoms with Gasteiger partial charge >= 0.3 is 0 Å². The fourth-order valence-electron chi connectivity index (χ4n) is 2.23. The molecule has 1 N–H and O–H groups in total. The molecule has 0 radical (unpaired) electrons. The van der Waals surface area contributed by atoms with Crippen molar-refractivity contribution in [3.63, 3.8) is 0 Å². The summed E-state index contributed by atoms with van der Waals surface area (Å²) in [6.07, 6.45) is 6.61. The third-order valence-corrected chi connectivity index (χ3v) is 3.25. The lowest BCUT2D eigenvalue weighted by molar-refractivity contribution is 0.848. The molecule has 0 bridgehead atoms. The topological polar surface area (TPSA) is 96.7 Å². The Morgan fingerprint density at radius 2 is 2.04 bits per heavy atom. The highest BCUT2D eigenvalue weighted by atomic mass is 15.3. The zero-order chi connectivity index (χ0) is 15.6. The third-order valence-electron chi connectivity index (χ3n) is 3.25.